The van der Waals surface area contributed by atoms with Crippen LogP contribution < -0.4 is 20.1 Å². The Hall–Kier alpha value is -3.93. The summed E-state index contributed by atoms with van der Waals surface area (Å²) >= 11 is 6.56. The molecule has 1 aliphatic heterocycles. The third-order valence-corrected chi connectivity index (χ3v) is 10.7. The average Bonchev–Trinajstić information content (AvgIpc) is 3.53. The molecule has 0 aliphatic carbocycles. The van der Waals surface area contributed by atoms with Gasteiger partial charge in [0.25, 0.3) is 0 Å². The molecule has 0 saturated heterocycles. The summed E-state index contributed by atoms with van der Waals surface area (Å²) in [5.41, 5.74) is 1.96. The van der Waals surface area contributed by atoms with Gasteiger partial charge in [0.1, 0.15) is 36.1 Å². The second-order valence-corrected chi connectivity index (χ2v) is 14.5. The van der Waals surface area contributed by atoms with Crippen LogP contribution in [-0.4, -0.2) is 49.1 Å². The van der Waals surface area contributed by atoms with Crippen molar-refractivity contribution in [3.05, 3.63) is 95.2 Å². The van der Waals surface area contributed by atoms with Gasteiger partial charge in [-0.25, -0.2) is 22.8 Å². The summed E-state index contributed by atoms with van der Waals surface area (Å²) < 4.78 is 56.6. The molecule has 0 bridgehead atoms. The Labute approximate surface area is 274 Å². The van der Waals surface area contributed by atoms with Crippen molar-refractivity contribution in [2.45, 2.75) is 57.1 Å². The molecule has 9 nitrogen and oxygen atoms in total. The van der Waals surface area contributed by atoms with E-state index in [-0.39, 0.29) is 24.2 Å². The van der Waals surface area contributed by atoms with E-state index < -0.39 is 20.7 Å². The molecular formula is C34H38ClFN4O5S. The fourth-order valence-electron chi connectivity index (χ4n) is 5.58. The summed E-state index contributed by atoms with van der Waals surface area (Å²) in [7, 11) is -1.61. The first kappa shape index (κ1) is 33.4. The zero-order chi connectivity index (χ0) is 32.9. The van der Waals surface area contributed by atoms with Crippen molar-refractivity contribution in [2.75, 3.05) is 24.7 Å². The fraction of sp³-hybridized carbons (Fsp3) is 0.353. The van der Waals surface area contributed by atoms with Crippen molar-refractivity contribution >= 4 is 43.8 Å². The fourth-order valence-corrected chi connectivity index (χ4v) is 6.69. The van der Waals surface area contributed by atoms with Crippen molar-refractivity contribution in [1.29, 1.82) is 0 Å². The Morgan fingerprint density at radius 2 is 1.93 bits per heavy atom. The van der Waals surface area contributed by atoms with Crippen LogP contribution in [-0.2, 0) is 26.8 Å². The summed E-state index contributed by atoms with van der Waals surface area (Å²) in [5, 5.41) is 7.47. The van der Waals surface area contributed by atoms with Gasteiger partial charge in [-0.1, -0.05) is 30.7 Å². The number of hydrogen-bond acceptors (Lipinski definition) is 9. The molecule has 46 heavy (non-hydrogen) atoms. The van der Waals surface area contributed by atoms with Crippen LogP contribution in [0.2, 0.25) is 5.02 Å². The summed E-state index contributed by atoms with van der Waals surface area (Å²) in [6.07, 6.45) is 6.34. The Balaban J connectivity index is 1.43. The number of anilines is 2. The summed E-state index contributed by atoms with van der Waals surface area (Å²) in [6.45, 7) is 5.88. The number of halogens is 2. The van der Waals surface area contributed by atoms with Gasteiger partial charge in [-0.2, -0.15) is 0 Å². The van der Waals surface area contributed by atoms with Crippen molar-refractivity contribution in [2.24, 2.45) is 0 Å². The van der Waals surface area contributed by atoms with Gasteiger partial charge >= 0.3 is 0 Å². The Morgan fingerprint density at radius 3 is 2.61 bits per heavy atom. The average molecular weight is 669 g/mol. The number of methoxy groups -OCH3 is 1. The topological polar surface area (TPSA) is 112 Å². The van der Waals surface area contributed by atoms with Crippen molar-refractivity contribution in [3.63, 3.8) is 0 Å². The number of nitrogens with one attached hydrogen (secondary N) is 2. The maximum absolute atomic E-state index is 13.5. The minimum atomic E-state index is -3.21. The SMILES string of the molecule is CCC(NCCS(=O)(=O)C(C)C)C1(c2cc3c(Nc4ccc(OCc5cccc(F)c5)c(Cl)c4)ncnc3cc2OC)CC=CO1. The van der Waals surface area contributed by atoms with Crippen LogP contribution in [0, 0.1) is 5.82 Å². The third-order valence-electron chi connectivity index (χ3n) is 8.15. The number of ether oxygens (including phenoxy) is 3. The third kappa shape index (κ3) is 7.22. The molecule has 1 aliphatic rings. The Bertz CT molecular complexity index is 1830. The zero-order valence-electron chi connectivity index (χ0n) is 26.2. The molecule has 0 radical (unpaired) electrons. The van der Waals surface area contributed by atoms with E-state index >= 15 is 0 Å². The van der Waals surface area contributed by atoms with Gasteiger partial charge in [-0.3, -0.25) is 0 Å². The number of fused-ring (bicyclic) bond motifs is 1. The molecule has 2 unspecified atom stereocenters. The highest BCUT2D eigenvalue weighted by molar-refractivity contribution is 7.92. The van der Waals surface area contributed by atoms with Crippen LogP contribution in [0.4, 0.5) is 15.9 Å². The molecular weight excluding hydrogens is 631 g/mol. The van der Waals surface area contributed by atoms with E-state index in [9.17, 15) is 12.8 Å². The largest absolute Gasteiger partial charge is 0.496 e. The van der Waals surface area contributed by atoms with Gasteiger partial charge in [-0.05, 0) is 68.3 Å². The van der Waals surface area contributed by atoms with E-state index in [1.165, 1.54) is 18.5 Å². The second kappa shape index (κ2) is 14.2. The van der Waals surface area contributed by atoms with Crippen molar-refractivity contribution in [1.82, 2.24) is 15.3 Å². The Kier molecular flexibility index (Phi) is 10.3. The van der Waals surface area contributed by atoms with Crippen LogP contribution in [0.3, 0.4) is 0 Å². The Morgan fingerprint density at radius 1 is 1.11 bits per heavy atom. The van der Waals surface area contributed by atoms with E-state index in [0.717, 1.165) is 10.9 Å². The molecule has 0 fully saturated rings. The van der Waals surface area contributed by atoms with E-state index in [4.69, 9.17) is 25.8 Å². The standard InChI is InChI=1S/C34H38ClFN4O5S/c1-5-32(37-13-15-46(41,42)22(2)3)34(12-7-14-45-34)27-18-26-29(19-31(27)43-4)38-21-39-33(26)40-25-10-11-30(28(35)17-25)44-20-23-8-6-9-24(36)16-23/h6-11,14,16-19,21-22,32,37H,5,12-13,15,20H2,1-4H3,(H,38,39,40). The smallest absolute Gasteiger partial charge is 0.155 e. The van der Waals surface area contributed by atoms with Crippen LogP contribution in [0.1, 0.15) is 44.7 Å². The van der Waals surface area contributed by atoms with Crippen molar-refractivity contribution < 1.29 is 27.0 Å². The first-order chi connectivity index (χ1) is 22.1. The molecule has 12 heteroatoms. The van der Waals surface area contributed by atoms with E-state index in [0.29, 0.717) is 58.5 Å². The first-order valence-corrected chi connectivity index (χ1v) is 17.2. The summed E-state index contributed by atoms with van der Waals surface area (Å²) in [4.78, 5) is 9.02. The molecule has 2 N–H and O–H groups in total. The number of benzene rings is 3. The number of sulfone groups is 1. The van der Waals surface area contributed by atoms with Crippen LogP contribution in [0.15, 0.2) is 73.3 Å². The zero-order valence-corrected chi connectivity index (χ0v) is 27.8. The van der Waals surface area contributed by atoms with Gasteiger partial charge in [0.2, 0.25) is 0 Å². The van der Waals surface area contributed by atoms with Gasteiger partial charge < -0.3 is 24.8 Å². The lowest BCUT2D eigenvalue weighted by Crippen LogP contribution is -2.49. The highest BCUT2D eigenvalue weighted by Crippen LogP contribution is 2.45. The lowest BCUT2D eigenvalue weighted by atomic mass is 9.81. The summed E-state index contributed by atoms with van der Waals surface area (Å²) in [5.74, 6) is 1.30. The highest BCUT2D eigenvalue weighted by Gasteiger charge is 2.45. The maximum Gasteiger partial charge on any atom is 0.155 e. The minimum absolute atomic E-state index is 0.0264. The van der Waals surface area contributed by atoms with E-state index in [2.05, 4.69) is 20.6 Å². The lowest BCUT2D eigenvalue weighted by Gasteiger charge is -2.38. The van der Waals surface area contributed by atoms with Crippen LogP contribution in [0.5, 0.6) is 11.5 Å². The second-order valence-electron chi connectivity index (χ2n) is 11.4. The molecule has 4 aromatic rings. The molecule has 0 spiro atoms. The number of aromatic nitrogens is 2. The predicted molar refractivity (Wildman–Crippen MR) is 179 cm³/mol. The van der Waals surface area contributed by atoms with E-state index in [1.54, 1.807) is 51.5 Å². The van der Waals surface area contributed by atoms with Crippen molar-refractivity contribution in [3.8, 4) is 11.5 Å². The quantitative estimate of drug-likeness (QED) is 0.146. The number of hydrogen-bond donors (Lipinski definition) is 2. The molecule has 0 saturated carbocycles. The molecule has 1 aromatic heterocycles. The molecule has 2 atom stereocenters. The maximum atomic E-state index is 13.5. The lowest BCUT2D eigenvalue weighted by molar-refractivity contribution is -0.000298. The van der Waals surface area contributed by atoms with E-state index in [1.807, 2.05) is 31.2 Å². The van der Waals surface area contributed by atoms with Gasteiger partial charge in [0.05, 0.1) is 41.0 Å². The molecule has 5 rings (SSSR count). The van der Waals surface area contributed by atoms with Gasteiger partial charge in [-0.15, -0.1) is 0 Å². The normalized spacial score (nSPS) is 16.8. The summed E-state index contributed by atoms with van der Waals surface area (Å²) in [6, 6.07) is 15.1. The molecule has 2 heterocycles. The van der Waals surface area contributed by atoms with Crippen LogP contribution >= 0.6 is 11.6 Å². The minimum Gasteiger partial charge on any atom is -0.496 e. The molecule has 244 valence electrons. The van der Waals surface area contributed by atoms with Crippen LogP contribution in [0.25, 0.3) is 10.9 Å². The van der Waals surface area contributed by atoms with Gasteiger partial charge in [0.15, 0.2) is 15.4 Å². The molecule has 3 aromatic carbocycles. The number of nitrogens with zero attached hydrogens (tertiary/aromatic N) is 2. The predicted octanol–water partition coefficient (Wildman–Crippen LogP) is 7.07. The number of rotatable bonds is 14. The van der Waals surface area contributed by atoms with Gasteiger partial charge in [0, 0.05) is 35.7 Å². The monoisotopic (exact) mass is 668 g/mol. The first-order valence-electron chi connectivity index (χ1n) is 15.1. The highest BCUT2D eigenvalue weighted by atomic mass is 35.5. The molecule has 0 amide bonds.